The molecule has 0 spiro atoms. The number of imidazole rings is 1. The Labute approximate surface area is 229 Å². The molecule has 0 aliphatic carbocycles. The predicted molar refractivity (Wildman–Crippen MR) is 153 cm³/mol. The molecule has 1 aliphatic rings. The van der Waals surface area contributed by atoms with E-state index in [0.717, 1.165) is 54.9 Å². The van der Waals surface area contributed by atoms with Crippen LogP contribution in [0.15, 0.2) is 72.8 Å². The number of nitrogens with zero attached hydrogens (tertiary/aromatic N) is 4. The van der Waals surface area contributed by atoms with Gasteiger partial charge in [-0.15, -0.1) is 0 Å². The van der Waals surface area contributed by atoms with E-state index in [2.05, 4.69) is 63.5 Å². The maximum Gasteiger partial charge on any atom is 0.338 e. The van der Waals surface area contributed by atoms with Crippen molar-refractivity contribution in [1.29, 1.82) is 0 Å². The Hall–Kier alpha value is -4.01. The minimum Gasteiger partial charge on any atom is -0.462 e. The SMILES string of the molecule is CCOC(=O)c1ccc2nc(C(=O)NCCN3CCN(C)CC3)n(Cc3ccc(-c4ccccc4)cc3)c2c1. The van der Waals surface area contributed by atoms with E-state index in [9.17, 15) is 9.59 Å². The minimum atomic E-state index is -0.391. The van der Waals surface area contributed by atoms with Gasteiger partial charge in [0.2, 0.25) is 0 Å². The molecule has 1 fully saturated rings. The highest BCUT2D eigenvalue weighted by molar-refractivity contribution is 5.98. The lowest BCUT2D eigenvalue weighted by atomic mass is 10.0. The molecule has 0 unspecified atom stereocenters. The first-order valence-electron chi connectivity index (χ1n) is 13.5. The number of nitrogens with one attached hydrogen (secondary N) is 1. The summed E-state index contributed by atoms with van der Waals surface area (Å²) in [7, 11) is 2.13. The van der Waals surface area contributed by atoms with Gasteiger partial charge in [0.25, 0.3) is 5.91 Å². The van der Waals surface area contributed by atoms with E-state index in [-0.39, 0.29) is 5.91 Å². The van der Waals surface area contributed by atoms with Crippen molar-refractivity contribution in [2.45, 2.75) is 13.5 Å². The lowest BCUT2D eigenvalue weighted by Crippen LogP contribution is -2.47. The Morgan fingerprint density at radius 1 is 0.923 bits per heavy atom. The summed E-state index contributed by atoms with van der Waals surface area (Å²) in [6, 6.07) is 23.8. The van der Waals surface area contributed by atoms with Gasteiger partial charge in [0.15, 0.2) is 5.82 Å². The largest absolute Gasteiger partial charge is 0.462 e. The Morgan fingerprint density at radius 3 is 2.36 bits per heavy atom. The predicted octanol–water partition coefficient (Wildman–Crippen LogP) is 3.91. The summed E-state index contributed by atoms with van der Waals surface area (Å²) in [6.07, 6.45) is 0. The molecule has 39 heavy (non-hydrogen) atoms. The van der Waals surface area contributed by atoms with Crippen molar-refractivity contribution in [3.05, 3.63) is 89.7 Å². The maximum atomic E-state index is 13.4. The molecule has 1 saturated heterocycles. The minimum absolute atomic E-state index is 0.223. The molecule has 1 aromatic heterocycles. The molecular formula is C31H35N5O3. The van der Waals surface area contributed by atoms with E-state index in [4.69, 9.17) is 4.74 Å². The van der Waals surface area contributed by atoms with E-state index < -0.39 is 5.97 Å². The Kier molecular flexibility index (Phi) is 8.34. The van der Waals surface area contributed by atoms with Crippen molar-refractivity contribution < 1.29 is 14.3 Å². The molecule has 0 atom stereocenters. The topological polar surface area (TPSA) is 79.7 Å². The van der Waals surface area contributed by atoms with E-state index in [1.165, 1.54) is 0 Å². The molecular weight excluding hydrogens is 490 g/mol. The fourth-order valence-corrected chi connectivity index (χ4v) is 4.89. The first-order valence-corrected chi connectivity index (χ1v) is 13.5. The maximum absolute atomic E-state index is 13.4. The number of hydrogen-bond donors (Lipinski definition) is 1. The van der Waals surface area contributed by atoms with Gasteiger partial charge in [-0.1, -0.05) is 54.6 Å². The van der Waals surface area contributed by atoms with Crippen LogP contribution in [0, 0.1) is 0 Å². The first kappa shape index (κ1) is 26.6. The molecule has 3 aromatic carbocycles. The number of amides is 1. The number of fused-ring (bicyclic) bond motifs is 1. The van der Waals surface area contributed by atoms with Crippen LogP contribution in [0.4, 0.5) is 0 Å². The van der Waals surface area contributed by atoms with E-state index in [0.29, 0.717) is 36.6 Å². The monoisotopic (exact) mass is 525 g/mol. The first-order chi connectivity index (χ1) is 19.0. The van der Waals surface area contributed by atoms with Crippen molar-refractivity contribution in [2.75, 3.05) is 52.9 Å². The number of carbonyl (C=O) groups is 2. The summed E-state index contributed by atoms with van der Waals surface area (Å²) >= 11 is 0. The third-order valence-corrected chi connectivity index (χ3v) is 7.17. The van der Waals surface area contributed by atoms with Gasteiger partial charge in [0, 0.05) is 45.8 Å². The molecule has 202 valence electrons. The van der Waals surface area contributed by atoms with Crippen LogP contribution >= 0.6 is 0 Å². The van der Waals surface area contributed by atoms with Crippen LogP contribution in [-0.4, -0.2) is 84.2 Å². The summed E-state index contributed by atoms with van der Waals surface area (Å²) in [5.74, 6) is -0.284. The molecule has 1 amide bonds. The lowest BCUT2D eigenvalue weighted by molar-refractivity contribution is 0.0526. The molecule has 0 bridgehead atoms. The fourth-order valence-electron chi connectivity index (χ4n) is 4.89. The standard InChI is InChI=1S/C31H35N5O3/c1-3-39-31(38)26-13-14-27-28(21-26)36(22-23-9-11-25(12-10-23)24-7-5-4-6-8-24)29(33-27)30(37)32-15-16-35-19-17-34(2)18-20-35/h4-14,21H,3,15-20,22H2,1-2H3,(H,32,37). The van der Waals surface area contributed by atoms with Gasteiger partial charge in [-0.2, -0.15) is 0 Å². The second-order valence-corrected chi connectivity index (χ2v) is 9.91. The number of aromatic nitrogens is 2. The zero-order valence-corrected chi connectivity index (χ0v) is 22.6. The van der Waals surface area contributed by atoms with Crippen LogP contribution < -0.4 is 5.32 Å². The van der Waals surface area contributed by atoms with Gasteiger partial charge < -0.3 is 19.5 Å². The van der Waals surface area contributed by atoms with Crippen LogP contribution in [-0.2, 0) is 11.3 Å². The average Bonchev–Trinajstić information content (AvgIpc) is 3.32. The van der Waals surface area contributed by atoms with Crippen molar-refractivity contribution in [1.82, 2.24) is 24.7 Å². The van der Waals surface area contributed by atoms with Gasteiger partial charge in [0.1, 0.15) is 0 Å². The van der Waals surface area contributed by atoms with Gasteiger partial charge >= 0.3 is 5.97 Å². The van der Waals surface area contributed by atoms with Crippen LogP contribution in [0.25, 0.3) is 22.2 Å². The van der Waals surface area contributed by atoms with Crippen LogP contribution in [0.3, 0.4) is 0 Å². The second kappa shape index (κ2) is 12.2. The highest BCUT2D eigenvalue weighted by Crippen LogP contribution is 2.23. The molecule has 1 aliphatic heterocycles. The zero-order valence-electron chi connectivity index (χ0n) is 22.6. The molecule has 4 aromatic rings. The number of carbonyl (C=O) groups excluding carboxylic acids is 2. The summed E-state index contributed by atoms with van der Waals surface area (Å²) in [5, 5.41) is 3.06. The van der Waals surface area contributed by atoms with Crippen molar-refractivity contribution in [3.63, 3.8) is 0 Å². The summed E-state index contributed by atoms with van der Waals surface area (Å²) in [5.41, 5.74) is 5.12. The fraction of sp³-hybridized carbons (Fsp3) is 0.323. The number of hydrogen-bond acceptors (Lipinski definition) is 6. The Balaban J connectivity index is 1.39. The molecule has 2 heterocycles. The third-order valence-electron chi connectivity index (χ3n) is 7.17. The number of ether oxygens (including phenoxy) is 1. The second-order valence-electron chi connectivity index (χ2n) is 9.91. The normalized spacial score (nSPS) is 14.4. The smallest absolute Gasteiger partial charge is 0.338 e. The van der Waals surface area contributed by atoms with Crippen LogP contribution in [0.5, 0.6) is 0 Å². The lowest BCUT2D eigenvalue weighted by Gasteiger charge is -2.32. The zero-order chi connectivity index (χ0) is 27.2. The van der Waals surface area contributed by atoms with Crippen LogP contribution in [0.1, 0.15) is 33.5 Å². The summed E-state index contributed by atoms with van der Waals surface area (Å²) in [4.78, 5) is 35.2. The summed E-state index contributed by atoms with van der Waals surface area (Å²) < 4.78 is 7.10. The number of rotatable bonds is 9. The number of piperazine rings is 1. The van der Waals surface area contributed by atoms with Crippen molar-refractivity contribution >= 4 is 22.9 Å². The third kappa shape index (κ3) is 6.35. The highest BCUT2D eigenvalue weighted by Gasteiger charge is 2.20. The van der Waals surface area contributed by atoms with Crippen molar-refractivity contribution in [3.8, 4) is 11.1 Å². The number of esters is 1. The van der Waals surface area contributed by atoms with Gasteiger partial charge in [0.05, 0.1) is 23.2 Å². The Bertz CT molecular complexity index is 1420. The van der Waals surface area contributed by atoms with E-state index in [1.807, 2.05) is 22.8 Å². The molecule has 8 heteroatoms. The molecule has 1 N–H and O–H groups in total. The van der Waals surface area contributed by atoms with Crippen molar-refractivity contribution in [2.24, 2.45) is 0 Å². The molecule has 5 rings (SSSR count). The van der Waals surface area contributed by atoms with Gasteiger partial charge in [-0.3, -0.25) is 9.69 Å². The molecule has 0 saturated carbocycles. The number of benzene rings is 3. The molecule has 0 radical (unpaired) electrons. The average molecular weight is 526 g/mol. The quantitative estimate of drug-likeness (QED) is 0.334. The Morgan fingerprint density at radius 2 is 1.64 bits per heavy atom. The molecule has 8 nitrogen and oxygen atoms in total. The highest BCUT2D eigenvalue weighted by atomic mass is 16.5. The van der Waals surface area contributed by atoms with Gasteiger partial charge in [-0.05, 0) is 48.9 Å². The van der Waals surface area contributed by atoms with E-state index in [1.54, 1.807) is 25.1 Å². The summed E-state index contributed by atoms with van der Waals surface area (Å²) in [6.45, 7) is 7.94. The van der Waals surface area contributed by atoms with Crippen LogP contribution in [0.2, 0.25) is 0 Å². The van der Waals surface area contributed by atoms with E-state index >= 15 is 0 Å². The van der Waals surface area contributed by atoms with Gasteiger partial charge in [-0.25, -0.2) is 9.78 Å². The number of likely N-dealkylation sites (N-methyl/N-ethyl adjacent to an activating group) is 1.